The molecule has 1 aromatic carbocycles. The van der Waals surface area contributed by atoms with E-state index >= 15 is 0 Å². The van der Waals surface area contributed by atoms with E-state index in [2.05, 4.69) is 4.72 Å². The van der Waals surface area contributed by atoms with Gasteiger partial charge in [-0.2, -0.15) is 0 Å². The van der Waals surface area contributed by atoms with Crippen molar-refractivity contribution in [1.29, 1.82) is 0 Å². The molecule has 0 aliphatic carbocycles. The Kier molecular flexibility index (Phi) is 5.92. The first-order chi connectivity index (χ1) is 11.3. The van der Waals surface area contributed by atoms with E-state index in [1.165, 1.54) is 17.0 Å². The number of carbonyl (C=O) groups is 2. The molecule has 9 heteroatoms. The SMILES string of the molecule is C[C@@H]1CN(C(=O)CCNS(=O)(=O)c2ccccc2)CC(C(=O)O)O1. The maximum absolute atomic E-state index is 12.2. The van der Waals surface area contributed by atoms with Crippen molar-refractivity contribution in [2.24, 2.45) is 0 Å². The van der Waals surface area contributed by atoms with Crippen LogP contribution < -0.4 is 4.72 Å². The molecule has 0 saturated carbocycles. The van der Waals surface area contributed by atoms with Crippen molar-refractivity contribution in [2.75, 3.05) is 19.6 Å². The first-order valence-corrected chi connectivity index (χ1v) is 8.98. The number of amides is 1. The van der Waals surface area contributed by atoms with E-state index in [-0.39, 0.29) is 43.0 Å². The zero-order valence-electron chi connectivity index (χ0n) is 13.2. The normalized spacial score (nSPS) is 21.5. The van der Waals surface area contributed by atoms with Crippen molar-refractivity contribution in [3.8, 4) is 0 Å². The first kappa shape index (κ1) is 18.4. The predicted molar refractivity (Wildman–Crippen MR) is 84.8 cm³/mol. The standard InChI is InChI=1S/C15H20N2O6S/c1-11-9-17(10-13(23-11)15(19)20)14(18)7-8-16-24(21,22)12-5-3-2-4-6-12/h2-6,11,13,16H,7-10H2,1H3,(H,19,20)/t11-,13?/m1/s1. The Labute approximate surface area is 140 Å². The average Bonchev–Trinajstić information content (AvgIpc) is 2.54. The highest BCUT2D eigenvalue weighted by molar-refractivity contribution is 7.89. The number of carboxylic acids is 1. The second kappa shape index (κ2) is 7.73. The van der Waals surface area contributed by atoms with Crippen LogP contribution in [0.2, 0.25) is 0 Å². The van der Waals surface area contributed by atoms with Crippen LogP contribution in [0.5, 0.6) is 0 Å². The summed E-state index contributed by atoms with van der Waals surface area (Å²) < 4.78 is 31.7. The van der Waals surface area contributed by atoms with Crippen LogP contribution in [-0.4, -0.2) is 62.1 Å². The van der Waals surface area contributed by atoms with E-state index < -0.39 is 22.1 Å². The molecule has 1 heterocycles. The van der Waals surface area contributed by atoms with Crippen LogP contribution >= 0.6 is 0 Å². The fourth-order valence-corrected chi connectivity index (χ4v) is 3.48. The number of rotatable bonds is 6. The number of hydrogen-bond acceptors (Lipinski definition) is 5. The summed E-state index contributed by atoms with van der Waals surface area (Å²) in [6, 6.07) is 7.86. The van der Waals surface area contributed by atoms with E-state index in [0.29, 0.717) is 0 Å². The summed E-state index contributed by atoms with van der Waals surface area (Å²) in [6.45, 7) is 1.88. The zero-order chi connectivity index (χ0) is 17.7. The number of ether oxygens (including phenoxy) is 1. The van der Waals surface area contributed by atoms with Gasteiger partial charge in [-0.05, 0) is 19.1 Å². The second-order valence-corrected chi connectivity index (χ2v) is 7.30. The van der Waals surface area contributed by atoms with Crippen molar-refractivity contribution in [3.05, 3.63) is 30.3 Å². The molecule has 0 radical (unpaired) electrons. The Balaban J connectivity index is 1.88. The number of sulfonamides is 1. The van der Waals surface area contributed by atoms with E-state index in [9.17, 15) is 18.0 Å². The van der Waals surface area contributed by atoms with Gasteiger partial charge in [-0.25, -0.2) is 17.9 Å². The van der Waals surface area contributed by atoms with Gasteiger partial charge >= 0.3 is 5.97 Å². The van der Waals surface area contributed by atoms with E-state index in [0.717, 1.165) is 0 Å². The fourth-order valence-electron chi connectivity index (χ4n) is 2.42. The van der Waals surface area contributed by atoms with Crippen molar-refractivity contribution in [3.63, 3.8) is 0 Å². The zero-order valence-corrected chi connectivity index (χ0v) is 14.0. The van der Waals surface area contributed by atoms with Crippen molar-refractivity contribution in [1.82, 2.24) is 9.62 Å². The van der Waals surface area contributed by atoms with Crippen LogP contribution in [-0.2, 0) is 24.3 Å². The lowest BCUT2D eigenvalue weighted by Crippen LogP contribution is -2.52. The van der Waals surface area contributed by atoms with Gasteiger partial charge in [0.2, 0.25) is 15.9 Å². The predicted octanol–water partition coefficient (Wildman–Crippen LogP) is 0.0555. The highest BCUT2D eigenvalue weighted by atomic mass is 32.2. The molecule has 0 aromatic heterocycles. The molecule has 1 unspecified atom stereocenters. The molecule has 1 saturated heterocycles. The molecule has 2 N–H and O–H groups in total. The van der Waals surface area contributed by atoms with Gasteiger partial charge in [-0.15, -0.1) is 0 Å². The van der Waals surface area contributed by atoms with Gasteiger partial charge in [-0.3, -0.25) is 4.79 Å². The summed E-state index contributed by atoms with van der Waals surface area (Å²) in [5.74, 6) is -1.43. The number of morpholine rings is 1. The highest BCUT2D eigenvalue weighted by Gasteiger charge is 2.32. The van der Waals surface area contributed by atoms with Gasteiger partial charge in [0, 0.05) is 19.5 Å². The third-order valence-corrected chi connectivity index (χ3v) is 5.05. The van der Waals surface area contributed by atoms with Crippen molar-refractivity contribution < 1.29 is 27.9 Å². The highest BCUT2D eigenvalue weighted by Crippen LogP contribution is 2.13. The average molecular weight is 356 g/mol. The lowest BCUT2D eigenvalue weighted by atomic mass is 10.2. The Morgan fingerprint density at radius 2 is 1.96 bits per heavy atom. The van der Waals surface area contributed by atoms with Gasteiger partial charge in [0.15, 0.2) is 6.10 Å². The van der Waals surface area contributed by atoms with Gasteiger partial charge in [0.1, 0.15) is 0 Å². The van der Waals surface area contributed by atoms with Gasteiger partial charge in [-0.1, -0.05) is 18.2 Å². The molecule has 0 spiro atoms. The molecule has 1 aliphatic rings. The minimum absolute atomic E-state index is 0.0378. The second-order valence-electron chi connectivity index (χ2n) is 5.53. The van der Waals surface area contributed by atoms with E-state index in [4.69, 9.17) is 9.84 Å². The van der Waals surface area contributed by atoms with Crippen LogP contribution in [0.1, 0.15) is 13.3 Å². The number of nitrogens with one attached hydrogen (secondary N) is 1. The lowest BCUT2D eigenvalue weighted by molar-refractivity contribution is -0.166. The number of carboxylic acid groups (broad SMARTS) is 1. The minimum atomic E-state index is -3.66. The largest absolute Gasteiger partial charge is 0.479 e. The Hall–Kier alpha value is -1.97. The minimum Gasteiger partial charge on any atom is -0.479 e. The Bertz CT molecular complexity index is 691. The third kappa shape index (κ3) is 4.76. The lowest BCUT2D eigenvalue weighted by Gasteiger charge is -2.35. The Morgan fingerprint density at radius 1 is 1.29 bits per heavy atom. The third-order valence-electron chi connectivity index (χ3n) is 3.57. The molecule has 1 aliphatic heterocycles. The molecule has 1 amide bonds. The van der Waals surface area contributed by atoms with Gasteiger partial charge in [0.05, 0.1) is 17.5 Å². The molecular weight excluding hydrogens is 336 g/mol. The Morgan fingerprint density at radius 3 is 2.58 bits per heavy atom. The molecule has 2 atom stereocenters. The molecule has 132 valence electrons. The maximum Gasteiger partial charge on any atom is 0.334 e. The topological polar surface area (TPSA) is 113 Å². The molecule has 1 fully saturated rings. The summed E-state index contributed by atoms with van der Waals surface area (Å²) in [7, 11) is -3.66. The number of benzene rings is 1. The van der Waals surface area contributed by atoms with E-state index in [1.54, 1.807) is 25.1 Å². The van der Waals surface area contributed by atoms with Gasteiger partial charge < -0.3 is 14.7 Å². The van der Waals surface area contributed by atoms with Crippen LogP contribution in [0.25, 0.3) is 0 Å². The van der Waals surface area contributed by atoms with Crippen LogP contribution in [0.4, 0.5) is 0 Å². The first-order valence-electron chi connectivity index (χ1n) is 7.50. The fraction of sp³-hybridized carbons (Fsp3) is 0.467. The molecule has 2 rings (SSSR count). The summed E-state index contributed by atoms with van der Waals surface area (Å²) in [4.78, 5) is 24.7. The van der Waals surface area contributed by atoms with Crippen LogP contribution in [0.3, 0.4) is 0 Å². The van der Waals surface area contributed by atoms with Crippen LogP contribution in [0, 0.1) is 0 Å². The molecule has 0 bridgehead atoms. The molecular formula is C15H20N2O6S. The van der Waals surface area contributed by atoms with Crippen molar-refractivity contribution >= 4 is 21.9 Å². The van der Waals surface area contributed by atoms with Crippen LogP contribution in [0.15, 0.2) is 35.2 Å². The smallest absolute Gasteiger partial charge is 0.334 e. The maximum atomic E-state index is 12.2. The molecule has 8 nitrogen and oxygen atoms in total. The number of nitrogens with zero attached hydrogens (tertiary/aromatic N) is 1. The number of hydrogen-bond donors (Lipinski definition) is 2. The van der Waals surface area contributed by atoms with E-state index in [1.807, 2.05) is 0 Å². The summed E-state index contributed by atoms with van der Waals surface area (Å²) in [5, 5.41) is 9.01. The summed E-state index contributed by atoms with van der Waals surface area (Å²) >= 11 is 0. The number of carbonyl (C=O) groups excluding carboxylic acids is 1. The number of aliphatic carboxylic acids is 1. The van der Waals surface area contributed by atoms with Crippen molar-refractivity contribution in [2.45, 2.75) is 30.4 Å². The summed E-state index contributed by atoms with van der Waals surface area (Å²) in [5.41, 5.74) is 0. The quantitative estimate of drug-likeness (QED) is 0.745. The summed E-state index contributed by atoms with van der Waals surface area (Å²) in [6.07, 6.45) is -1.49. The molecule has 24 heavy (non-hydrogen) atoms. The molecule has 1 aromatic rings. The monoisotopic (exact) mass is 356 g/mol. The van der Waals surface area contributed by atoms with Gasteiger partial charge in [0.25, 0.3) is 0 Å².